The predicted molar refractivity (Wildman–Crippen MR) is 103 cm³/mol. The lowest BCUT2D eigenvalue weighted by Gasteiger charge is -2.18. The Morgan fingerprint density at radius 3 is 2.37 bits per heavy atom. The summed E-state index contributed by atoms with van der Waals surface area (Å²) in [5.74, 6) is -0.849. The van der Waals surface area contributed by atoms with Crippen LogP contribution in [-0.2, 0) is 19.6 Å². The van der Waals surface area contributed by atoms with Crippen molar-refractivity contribution < 1.29 is 18.0 Å². The Labute approximate surface area is 158 Å². The lowest BCUT2D eigenvalue weighted by atomic mass is 10.1. The molecule has 7 nitrogen and oxygen atoms in total. The monoisotopic (exact) mass is 387 g/mol. The van der Waals surface area contributed by atoms with E-state index in [-0.39, 0.29) is 23.1 Å². The van der Waals surface area contributed by atoms with E-state index in [1.54, 1.807) is 4.90 Å². The fourth-order valence-corrected chi connectivity index (χ4v) is 3.51. The average Bonchev–Trinajstić information content (AvgIpc) is 2.99. The summed E-state index contributed by atoms with van der Waals surface area (Å²) in [5.41, 5.74) is 3.46. The number of nitrogens with two attached hydrogens (primary N) is 1. The SMILES string of the molecule is Cc1ccc(N2C[C@H](C(=O)Nc3ccc(S(N)(=O)=O)cc3)CC2=O)cc1C. The van der Waals surface area contributed by atoms with Crippen molar-refractivity contribution in [2.45, 2.75) is 25.2 Å². The second-order valence-electron chi connectivity index (χ2n) is 6.73. The topological polar surface area (TPSA) is 110 Å². The zero-order chi connectivity index (χ0) is 19.8. The summed E-state index contributed by atoms with van der Waals surface area (Å²) >= 11 is 0. The first-order valence-electron chi connectivity index (χ1n) is 8.46. The number of benzene rings is 2. The number of nitrogens with zero attached hydrogens (tertiary/aromatic N) is 1. The van der Waals surface area contributed by atoms with Gasteiger partial charge in [-0.15, -0.1) is 0 Å². The molecule has 1 saturated heterocycles. The fraction of sp³-hybridized carbons (Fsp3) is 0.263. The number of carbonyl (C=O) groups is 2. The van der Waals surface area contributed by atoms with Gasteiger partial charge in [0.1, 0.15) is 0 Å². The Hall–Kier alpha value is -2.71. The lowest BCUT2D eigenvalue weighted by molar-refractivity contribution is -0.122. The van der Waals surface area contributed by atoms with E-state index in [0.29, 0.717) is 12.2 Å². The van der Waals surface area contributed by atoms with Crippen LogP contribution in [0.2, 0.25) is 0 Å². The third kappa shape index (κ3) is 4.17. The van der Waals surface area contributed by atoms with Crippen LogP contribution in [0, 0.1) is 19.8 Å². The quantitative estimate of drug-likeness (QED) is 0.835. The molecule has 1 aliphatic rings. The van der Waals surface area contributed by atoms with E-state index in [1.165, 1.54) is 24.3 Å². The number of aryl methyl sites for hydroxylation is 2. The van der Waals surface area contributed by atoms with E-state index in [2.05, 4.69) is 5.32 Å². The summed E-state index contributed by atoms with van der Waals surface area (Å²) in [7, 11) is -3.78. The van der Waals surface area contributed by atoms with Crippen LogP contribution in [0.25, 0.3) is 0 Å². The summed E-state index contributed by atoms with van der Waals surface area (Å²) in [5, 5.41) is 7.78. The van der Waals surface area contributed by atoms with Gasteiger partial charge >= 0.3 is 0 Å². The van der Waals surface area contributed by atoms with Gasteiger partial charge in [0, 0.05) is 24.3 Å². The van der Waals surface area contributed by atoms with Gasteiger partial charge in [-0.05, 0) is 61.4 Å². The lowest BCUT2D eigenvalue weighted by Crippen LogP contribution is -2.28. The summed E-state index contributed by atoms with van der Waals surface area (Å²) in [6.45, 7) is 4.29. The van der Waals surface area contributed by atoms with Gasteiger partial charge < -0.3 is 10.2 Å². The maximum atomic E-state index is 12.5. The van der Waals surface area contributed by atoms with Gasteiger partial charge in [0.15, 0.2) is 0 Å². The molecule has 3 rings (SSSR count). The molecule has 0 aliphatic carbocycles. The van der Waals surface area contributed by atoms with Gasteiger partial charge in [-0.3, -0.25) is 9.59 Å². The molecule has 1 fully saturated rings. The zero-order valence-electron chi connectivity index (χ0n) is 15.1. The van der Waals surface area contributed by atoms with Crippen LogP contribution in [0.1, 0.15) is 17.5 Å². The Balaban J connectivity index is 1.69. The van der Waals surface area contributed by atoms with Crippen molar-refractivity contribution in [2.75, 3.05) is 16.8 Å². The van der Waals surface area contributed by atoms with E-state index in [1.807, 2.05) is 32.0 Å². The molecule has 1 atom stereocenters. The van der Waals surface area contributed by atoms with Crippen LogP contribution < -0.4 is 15.4 Å². The second kappa shape index (κ2) is 7.13. The van der Waals surface area contributed by atoms with Crippen LogP contribution in [0.3, 0.4) is 0 Å². The molecule has 0 spiro atoms. The minimum absolute atomic E-state index is 0.0301. The van der Waals surface area contributed by atoms with E-state index < -0.39 is 15.9 Å². The van der Waals surface area contributed by atoms with Gasteiger partial charge in [-0.1, -0.05) is 6.07 Å². The Bertz CT molecular complexity index is 1000. The number of sulfonamides is 1. The van der Waals surface area contributed by atoms with Crippen LogP contribution in [0.5, 0.6) is 0 Å². The third-order valence-electron chi connectivity index (χ3n) is 4.75. The van der Waals surface area contributed by atoms with Crippen molar-refractivity contribution in [3.05, 3.63) is 53.6 Å². The molecule has 0 unspecified atom stereocenters. The molecule has 1 aliphatic heterocycles. The highest BCUT2D eigenvalue weighted by atomic mass is 32.2. The second-order valence-corrected chi connectivity index (χ2v) is 8.29. The van der Waals surface area contributed by atoms with Crippen molar-refractivity contribution in [1.29, 1.82) is 0 Å². The number of amides is 2. The van der Waals surface area contributed by atoms with E-state index in [9.17, 15) is 18.0 Å². The van der Waals surface area contributed by atoms with Crippen molar-refractivity contribution in [3.8, 4) is 0 Å². The maximum absolute atomic E-state index is 12.5. The number of rotatable bonds is 4. The molecule has 2 aromatic carbocycles. The highest BCUT2D eigenvalue weighted by Crippen LogP contribution is 2.27. The summed E-state index contributed by atoms with van der Waals surface area (Å²) in [4.78, 5) is 26.5. The maximum Gasteiger partial charge on any atom is 0.238 e. The zero-order valence-corrected chi connectivity index (χ0v) is 15.9. The molecule has 0 saturated carbocycles. The number of nitrogens with one attached hydrogen (secondary N) is 1. The minimum Gasteiger partial charge on any atom is -0.326 e. The minimum atomic E-state index is -3.78. The molecule has 1 heterocycles. The largest absolute Gasteiger partial charge is 0.326 e. The normalized spacial score (nSPS) is 17.2. The first kappa shape index (κ1) is 19.1. The molecule has 2 amide bonds. The van der Waals surface area contributed by atoms with Crippen molar-refractivity contribution in [1.82, 2.24) is 0 Å². The molecule has 0 radical (unpaired) electrons. The van der Waals surface area contributed by atoms with Crippen molar-refractivity contribution in [3.63, 3.8) is 0 Å². The van der Waals surface area contributed by atoms with Crippen LogP contribution in [-0.4, -0.2) is 26.8 Å². The van der Waals surface area contributed by atoms with Gasteiger partial charge in [0.05, 0.1) is 10.8 Å². The Morgan fingerprint density at radius 2 is 1.78 bits per heavy atom. The first-order chi connectivity index (χ1) is 12.6. The van der Waals surface area contributed by atoms with Gasteiger partial charge in [0.25, 0.3) is 0 Å². The molecule has 3 N–H and O–H groups in total. The van der Waals surface area contributed by atoms with Gasteiger partial charge in [-0.2, -0.15) is 0 Å². The molecule has 0 aromatic heterocycles. The smallest absolute Gasteiger partial charge is 0.238 e. The Morgan fingerprint density at radius 1 is 1.11 bits per heavy atom. The molecular weight excluding hydrogens is 366 g/mol. The number of anilines is 2. The summed E-state index contributed by atoms with van der Waals surface area (Å²) in [6.07, 6.45) is 0.133. The molecule has 142 valence electrons. The van der Waals surface area contributed by atoms with Gasteiger partial charge in [-0.25, -0.2) is 13.6 Å². The molecule has 0 bridgehead atoms. The average molecular weight is 387 g/mol. The molecular formula is C19H21N3O4S. The van der Waals surface area contributed by atoms with E-state index >= 15 is 0 Å². The Kier molecular flexibility index (Phi) is 5.03. The van der Waals surface area contributed by atoms with Crippen molar-refractivity contribution >= 4 is 33.2 Å². The molecule has 8 heteroatoms. The standard InChI is InChI=1S/C19H21N3O4S/c1-12-3-6-16(9-13(12)2)22-11-14(10-18(22)23)19(24)21-15-4-7-17(8-5-15)27(20,25)26/h3-9,14H,10-11H2,1-2H3,(H,21,24)(H2,20,25,26)/t14-/m1/s1. The van der Waals surface area contributed by atoms with E-state index in [4.69, 9.17) is 5.14 Å². The number of hydrogen-bond donors (Lipinski definition) is 2. The highest BCUT2D eigenvalue weighted by molar-refractivity contribution is 7.89. The fourth-order valence-electron chi connectivity index (χ4n) is 3.00. The highest BCUT2D eigenvalue weighted by Gasteiger charge is 2.35. The number of primary sulfonamides is 1. The van der Waals surface area contributed by atoms with Crippen LogP contribution in [0.15, 0.2) is 47.4 Å². The van der Waals surface area contributed by atoms with Crippen LogP contribution >= 0.6 is 0 Å². The van der Waals surface area contributed by atoms with E-state index in [0.717, 1.165) is 16.8 Å². The third-order valence-corrected chi connectivity index (χ3v) is 5.68. The van der Waals surface area contributed by atoms with Crippen LogP contribution in [0.4, 0.5) is 11.4 Å². The first-order valence-corrected chi connectivity index (χ1v) is 10.0. The number of hydrogen-bond acceptors (Lipinski definition) is 4. The molecule has 27 heavy (non-hydrogen) atoms. The molecule has 2 aromatic rings. The summed E-state index contributed by atoms with van der Waals surface area (Å²) in [6, 6.07) is 11.4. The van der Waals surface area contributed by atoms with Gasteiger partial charge in [0.2, 0.25) is 21.8 Å². The van der Waals surface area contributed by atoms with Crippen molar-refractivity contribution in [2.24, 2.45) is 11.1 Å². The predicted octanol–water partition coefficient (Wildman–Crippen LogP) is 1.94. The number of carbonyl (C=O) groups excluding carboxylic acids is 2. The summed E-state index contributed by atoms with van der Waals surface area (Å²) < 4.78 is 22.5.